The van der Waals surface area contributed by atoms with Crippen molar-refractivity contribution in [1.82, 2.24) is 0 Å². The topological polar surface area (TPSA) is 64.3 Å². The number of carbonyl (C=O) groups excluding carboxylic acids is 1. The smallest absolute Gasteiger partial charge is 0.253 e. The molecule has 106 valence electrons. The molecular formula is C16H20N2O2. The number of aryl methyl sites for hydroxylation is 1. The van der Waals surface area contributed by atoms with E-state index in [1.54, 1.807) is 0 Å². The Bertz CT molecular complexity index is 557. The fraction of sp³-hybridized carbons (Fsp3) is 0.438. The Balaban J connectivity index is 2.13. The van der Waals surface area contributed by atoms with Gasteiger partial charge in [-0.3, -0.25) is 4.79 Å². The normalized spacial score (nSPS) is 21.1. The highest BCUT2D eigenvalue weighted by atomic mass is 16.5. The number of carbonyl (C=O) groups is 1. The number of hydrogen-bond acceptors (Lipinski definition) is 3. The lowest BCUT2D eigenvalue weighted by molar-refractivity contribution is -0.126. The number of amides is 1. The first-order valence-electron chi connectivity index (χ1n) is 6.84. The summed E-state index contributed by atoms with van der Waals surface area (Å²) in [5.74, 6) is 5.95. The highest BCUT2D eigenvalue weighted by Crippen LogP contribution is 2.23. The molecule has 2 unspecified atom stereocenters. The van der Waals surface area contributed by atoms with Gasteiger partial charge in [0, 0.05) is 17.9 Å². The Labute approximate surface area is 119 Å². The standard InChI is InChI=1S/C16H20N2O2/c1-11-5-6-13(4-3-8-17)10-14(11)18-16(19)15-12(2)7-9-20-15/h5-6,10,12,15H,7-9,17H2,1-2H3,(H,18,19). The predicted octanol–water partition coefficient (Wildman–Crippen LogP) is 1.67. The van der Waals surface area contributed by atoms with E-state index in [0.717, 1.165) is 23.2 Å². The first kappa shape index (κ1) is 14.6. The Morgan fingerprint density at radius 1 is 1.55 bits per heavy atom. The summed E-state index contributed by atoms with van der Waals surface area (Å²) in [5, 5.41) is 2.94. The predicted molar refractivity (Wildman–Crippen MR) is 79.3 cm³/mol. The van der Waals surface area contributed by atoms with Gasteiger partial charge in [0.2, 0.25) is 0 Å². The van der Waals surface area contributed by atoms with E-state index in [9.17, 15) is 4.79 Å². The second-order valence-corrected chi connectivity index (χ2v) is 5.08. The number of hydrogen-bond donors (Lipinski definition) is 2. The Kier molecular flexibility index (Phi) is 4.78. The minimum atomic E-state index is -0.354. The summed E-state index contributed by atoms with van der Waals surface area (Å²) in [4.78, 5) is 12.2. The second-order valence-electron chi connectivity index (χ2n) is 5.08. The number of rotatable bonds is 2. The fourth-order valence-electron chi connectivity index (χ4n) is 2.22. The largest absolute Gasteiger partial charge is 0.368 e. The van der Waals surface area contributed by atoms with Crippen molar-refractivity contribution in [2.24, 2.45) is 11.7 Å². The molecular weight excluding hydrogens is 252 g/mol. The maximum atomic E-state index is 12.2. The number of nitrogens with two attached hydrogens (primary N) is 1. The van der Waals surface area contributed by atoms with Crippen molar-refractivity contribution in [3.8, 4) is 11.8 Å². The van der Waals surface area contributed by atoms with Crippen LogP contribution in [-0.2, 0) is 9.53 Å². The van der Waals surface area contributed by atoms with Crippen molar-refractivity contribution in [3.05, 3.63) is 29.3 Å². The Morgan fingerprint density at radius 2 is 2.35 bits per heavy atom. The second kappa shape index (κ2) is 6.56. The summed E-state index contributed by atoms with van der Waals surface area (Å²) in [6.45, 7) is 4.96. The molecule has 4 heteroatoms. The number of nitrogens with one attached hydrogen (secondary N) is 1. The fourth-order valence-corrected chi connectivity index (χ4v) is 2.22. The maximum absolute atomic E-state index is 12.2. The molecule has 0 radical (unpaired) electrons. The molecule has 1 amide bonds. The van der Waals surface area contributed by atoms with Crippen molar-refractivity contribution >= 4 is 11.6 Å². The highest BCUT2D eigenvalue weighted by molar-refractivity contribution is 5.95. The molecule has 2 atom stereocenters. The van der Waals surface area contributed by atoms with Gasteiger partial charge in [-0.25, -0.2) is 0 Å². The molecule has 20 heavy (non-hydrogen) atoms. The molecule has 3 N–H and O–H groups in total. The molecule has 1 heterocycles. The third-order valence-corrected chi connectivity index (χ3v) is 3.48. The molecule has 0 spiro atoms. The lowest BCUT2D eigenvalue weighted by Gasteiger charge is -2.16. The molecule has 1 fully saturated rings. The lowest BCUT2D eigenvalue weighted by atomic mass is 10.0. The summed E-state index contributed by atoms with van der Waals surface area (Å²) in [7, 11) is 0. The number of benzene rings is 1. The SMILES string of the molecule is Cc1ccc(C#CCN)cc1NC(=O)C1OCCC1C. The van der Waals surface area contributed by atoms with Gasteiger partial charge in [-0.15, -0.1) is 0 Å². The summed E-state index contributed by atoms with van der Waals surface area (Å²) < 4.78 is 5.48. The maximum Gasteiger partial charge on any atom is 0.253 e. The van der Waals surface area contributed by atoms with Crippen LogP contribution in [0.15, 0.2) is 18.2 Å². The van der Waals surface area contributed by atoms with Gasteiger partial charge in [-0.05, 0) is 37.0 Å². The summed E-state index contributed by atoms with van der Waals surface area (Å²) in [6.07, 6.45) is 0.576. The van der Waals surface area contributed by atoms with Gasteiger partial charge in [0.1, 0.15) is 6.10 Å². The van der Waals surface area contributed by atoms with Gasteiger partial charge >= 0.3 is 0 Å². The molecule has 0 aromatic heterocycles. The highest BCUT2D eigenvalue weighted by Gasteiger charge is 2.30. The molecule has 1 saturated heterocycles. The van der Waals surface area contributed by atoms with Crippen LogP contribution in [-0.4, -0.2) is 25.2 Å². The van der Waals surface area contributed by atoms with E-state index in [1.165, 1.54) is 0 Å². The van der Waals surface area contributed by atoms with Crippen LogP contribution in [0.3, 0.4) is 0 Å². The first-order valence-corrected chi connectivity index (χ1v) is 6.84. The van der Waals surface area contributed by atoms with Crippen molar-refractivity contribution in [3.63, 3.8) is 0 Å². The third kappa shape index (κ3) is 3.38. The first-order chi connectivity index (χ1) is 9.61. The van der Waals surface area contributed by atoms with Crippen LogP contribution < -0.4 is 11.1 Å². The summed E-state index contributed by atoms with van der Waals surface area (Å²) in [6, 6.07) is 5.73. The monoisotopic (exact) mass is 272 g/mol. The van der Waals surface area contributed by atoms with Crippen LogP contribution >= 0.6 is 0 Å². The minimum Gasteiger partial charge on any atom is -0.368 e. The van der Waals surface area contributed by atoms with Crippen LogP contribution in [0, 0.1) is 24.7 Å². The molecule has 2 rings (SSSR count). The van der Waals surface area contributed by atoms with Gasteiger partial charge in [0.05, 0.1) is 6.54 Å². The van der Waals surface area contributed by atoms with Crippen molar-refractivity contribution < 1.29 is 9.53 Å². The average molecular weight is 272 g/mol. The van der Waals surface area contributed by atoms with E-state index in [0.29, 0.717) is 13.2 Å². The molecule has 4 nitrogen and oxygen atoms in total. The van der Waals surface area contributed by atoms with Gasteiger partial charge in [-0.2, -0.15) is 0 Å². The lowest BCUT2D eigenvalue weighted by Crippen LogP contribution is -2.31. The van der Waals surface area contributed by atoms with Crippen molar-refractivity contribution in [1.29, 1.82) is 0 Å². The van der Waals surface area contributed by atoms with E-state index in [-0.39, 0.29) is 17.9 Å². The van der Waals surface area contributed by atoms with Gasteiger partial charge in [0.25, 0.3) is 5.91 Å². The zero-order valence-electron chi connectivity index (χ0n) is 11.9. The summed E-state index contributed by atoms with van der Waals surface area (Å²) in [5.41, 5.74) is 7.99. The van der Waals surface area contributed by atoms with Crippen LogP contribution in [0.4, 0.5) is 5.69 Å². The number of anilines is 1. The molecule has 1 aromatic rings. The molecule has 1 aromatic carbocycles. The Morgan fingerprint density at radius 3 is 3.00 bits per heavy atom. The number of ether oxygens (including phenoxy) is 1. The van der Waals surface area contributed by atoms with E-state index >= 15 is 0 Å². The zero-order valence-corrected chi connectivity index (χ0v) is 11.9. The van der Waals surface area contributed by atoms with E-state index in [1.807, 2.05) is 32.0 Å². The van der Waals surface area contributed by atoms with Crippen LogP contribution in [0.5, 0.6) is 0 Å². The Hall–Kier alpha value is -1.83. The van der Waals surface area contributed by atoms with Crippen molar-refractivity contribution in [2.45, 2.75) is 26.4 Å². The molecule has 0 saturated carbocycles. The quantitative estimate of drug-likeness (QED) is 0.805. The van der Waals surface area contributed by atoms with Crippen LogP contribution in [0.25, 0.3) is 0 Å². The zero-order chi connectivity index (χ0) is 14.5. The van der Waals surface area contributed by atoms with Crippen LogP contribution in [0.2, 0.25) is 0 Å². The molecule has 0 bridgehead atoms. The van der Waals surface area contributed by atoms with E-state index in [4.69, 9.17) is 10.5 Å². The molecule has 0 aliphatic carbocycles. The van der Waals surface area contributed by atoms with Gasteiger partial charge in [-0.1, -0.05) is 24.8 Å². The van der Waals surface area contributed by atoms with Gasteiger partial charge < -0.3 is 15.8 Å². The minimum absolute atomic E-state index is 0.0814. The van der Waals surface area contributed by atoms with Gasteiger partial charge in [0.15, 0.2) is 0 Å². The molecule has 1 aliphatic heterocycles. The van der Waals surface area contributed by atoms with Crippen LogP contribution in [0.1, 0.15) is 24.5 Å². The molecule has 1 aliphatic rings. The summed E-state index contributed by atoms with van der Waals surface area (Å²) >= 11 is 0. The third-order valence-electron chi connectivity index (χ3n) is 3.48. The average Bonchev–Trinajstić information content (AvgIpc) is 2.86. The van der Waals surface area contributed by atoms with E-state index < -0.39 is 0 Å². The van der Waals surface area contributed by atoms with Crippen molar-refractivity contribution in [2.75, 3.05) is 18.5 Å². The van der Waals surface area contributed by atoms with E-state index in [2.05, 4.69) is 17.2 Å².